The van der Waals surface area contributed by atoms with Gasteiger partial charge in [0, 0.05) is 12.6 Å². The van der Waals surface area contributed by atoms with Crippen LogP contribution in [0.3, 0.4) is 0 Å². The van der Waals surface area contributed by atoms with E-state index in [0.29, 0.717) is 6.04 Å². The average Bonchev–Trinajstić information content (AvgIpc) is 2.31. The van der Waals surface area contributed by atoms with Gasteiger partial charge in [-0.1, -0.05) is 19.3 Å². The van der Waals surface area contributed by atoms with Crippen molar-refractivity contribution < 1.29 is 4.79 Å². The molecular formula is C12H22N2O. The van der Waals surface area contributed by atoms with E-state index in [2.05, 4.69) is 10.6 Å². The summed E-state index contributed by atoms with van der Waals surface area (Å²) in [6.07, 6.45) is 8.49. The van der Waals surface area contributed by atoms with Crippen molar-refractivity contribution in [1.29, 1.82) is 0 Å². The molecule has 1 saturated carbocycles. The molecule has 0 aromatic heterocycles. The highest BCUT2D eigenvalue weighted by Gasteiger charge is 2.23. The average molecular weight is 210 g/mol. The fraction of sp³-hybridized carbons (Fsp3) is 0.917. The Kier molecular flexibility index (Phi) is 4.01. The number of piperidine rings is 1. The summed E-state index contributed by atoms with van der Waals surface area (Å²) in [6.45, 7) is 1.95. The van der Waals surface area contributed by atoms with Gasteiger partial charge in [-0.15, -0.1) is 0 Å². The van der Waals surface area contributed by atoms with Crippen LogP contribution in [0.15, 0.2) is 0 Å². The number of rotatable bonds is 2. The zero-order chi connectivity index (χ0) is 10.5. The molecule has 0 spiro atoms. The summed E-state index contributed by atoms with van der Waals surface area (Å²) < 4.78 is 0. The maximum Gasteiger partial charge on any atom is 0.224 e. The highest BCUT2D eigenvalue weighted by Crippen LogP contribution is 2.18. The first-order chi connectivity index (χ1) is 7.36. The summed E-state index contributed by atoms with van der Waals surface area (Å²) in [5.41, 5.74) is 0. The van der Waals surface area contributed by atoms with Crippen LogP contribution < -0.4 is 10.6 Å². The summed E-state index contributed by atoms with van der Waals surface area (Å²) in [7, 11) is 0. The van der Waals surface area contributed by atoms with E-state index in [0.717, 1.165) is 25.9 Å². The Labute approximate surface area is 92.0 Å². The largest absolute Gasteiger partial charge is 0.353 e. The van der Waals surface area contributed by atoms with E-state index in [1.807, 2.05) is 0 Å². The minimum atomic E-state index is 0.223. The van der Waals surface area contributed by atoms with Gasteiger partial charge in [0.15, 0.2) is 0 Å². The zero-order valence-electron chi connectivity index (χ0n) is 9.43. The number of carbonyl (C=O) groups excluding carboxylic acids is 1. The lowest BCUT2D eigenvalue weighted by atomic mass is 9.93. The zero-order valence-corrected chi connectivity index (χ0v) is 9.43. The molecular weight excluding hydrogens is 188 g/mol. The maximum atomic E-state index is 11.9. The number of amides is 1. The van der Waals surface area contributed by atoms with Gasteiger partial charge < -0.3 is 10.6 Å². The molecule has 0 bridgehead atoms. The van der Waals surface area contributed by atoms with Crippen LogP contribution in [0.2, 0.25) is 0 Å². The fourth-order valence-corrected chi connectivity index (χ4v) is 2.64. The van der Waals surface area contributed by atoms with Gasteiger partial charge in [-0.3, -0.25) is 4.79 Å². The minimum absolute atomic E-state index is 0.223. The molecule has 3 nitrogen and oxygen atoms in total. The fourth-order valence-electron chi connectivity index (χ4n) is 2.64. The highest BCUT2D eigenvalue weighted by molar-refractivity contribution is 5.79. The normalized spacial score (nSPS) is 28.7. The first-order valence-corrected chi connectivity index (χ1v) is 6.37. The van der Waals surface area contributed by atoms with E-state index in [9.17, 15) is 4.79 Å². The summed E-state index contributed by atoms with van der Waals surface area (Å²) in [5.74, 6) is 0.509. The Balaban J connectivity index is 1.74. The standard InChI is InChI=1S/C12H22N2O/c15-12(10-5-4-8-13-9-10)14-11-6-2-1-3-7-11/h10-11,13H,1-9H2,(H,14,15)/t10-/m0/s1. The molecule has 0 aromatic rings. The molecule has 1 aliphatic carbocycles. The minimum Gasteiger partial charge on any atom is -0.353 e. The van der Waals surface area contributed by atoms with Crippen molar-refractivity contribution in [3.05, 3.63) is 0 Å². The quantitative estimate of drug-likeness (QED) is 0.724. The Morgan fingerprint density at radius 2 is 1.87 bits per heavy atom. The number of hydrogen-bond acceptors (Lipinski definition) is 2. The predicted molar refractivity (Wildman–Crippen MR) is 60.6 cm³/mol. The van der Waals surface area contributed by atoms with Gasteiger partial charge in [0.2, 0.25) is 5.91 Å². The lowest BCUT2D eigenvalue weighted by Gasteiger charge is -2.27. The molecule has 1 atom stereocenters. The van der Waals surface area contributed by atoms with Crippen LogP contribution >= 0.6 is 0 Å². The molecule has 2 aliphatic rings. The third-order valence-corrected chi connectivity index (χ3v) is 3.62. The van der Waals surface area contributed by atoms with Crippen LogP contribution in [-0.4, -0.2) is 25.0 Å². The molecule has 0 unspecified atom stereocenters. The molecule has 2 N–H and O–H groups in total. The summed E-state index contributed by atoms with van der Waals surface area (Å²) in [4.78, 5) is 11.9. The third kappa shape index (κ3) is 3.20. The molecule has 86 valence electrons. The lowest BCUT2D eigenvalue weighted by molar-refractivity contribution is -0.126. The van der Waals surface area contributed by atoms with E-state index in [1.165, 1.54) is 32.1 Å². The molecule has 2 fully saturated rings. The van der Waals surface area contributed by atoms with E-state index in [1.54, 1.807) is 0 Å². The van der Waals surface area contributed by atoms with Gasteiger partial charge in [0.1, 0.15) is 0 Å². The van der Waals surface area contributed by atoms with Crippen LogP contribution in [0.4, 0.5) is 0 Å². The lowest BCUT2D eigenvalue weighted by Crippen LogP contribution is -2.44. The molecule has 3 heteroatoms. The van der Waals surface area contributed by atoms with Crippen molar-refractivity contribution in [2.45, 2.75) is 51.0 Å². The van der Waals surface area contributed by atoms with Gasteiger partial charge in [0.25, 0.3) is 0 Å². The summed E-state index contributed by atoms with van der Waals surface area (Å²) >= 11 is 0. The molecule has 0 aromatic carbocycles. The Morgan fingerprint density at radius 1 is 1.07 bits per heavy atom. The van der Waals surface area contributed by atoms with E-state index in [4.69, 9.17) is 0 Å². The second kappa shape index (κ2) is 5.50. The summed E-state index contributed by atoms with van der Waals surface area (Å²) in [5, 5.41) is 6.50. The molecule has 15 heavy (non-hydrogen) atoms. The molecule has 2 rings (SSSR count). The maximum absolute atomic E-state index is 11.9. The van der Waals surface area contributed by atoms with E-state index < -0.39 is 0 Å². The van der Waals surface area contributed by atoms with Crippen molar-refractivity contribution in [2.75, 3.05) is 13.1 Å². The van der Waals surface area contributed by atoms with Crippen molar-refractivity contribution >= 4 is 5.91 Å². The van der Waals surface area contributed by atoms with Crippen LogP contribution in [0.1, 0.15) is 44.9 Å². The van der Waals surface area contributed by atoms with Crippen molar-refractivity contribution in [1.82, 2.24) is 10.6 Å². The van der Waals surface area contributed by atoms with Crippen molar-refractivity contribution in [3.63, 3.8) is 0 Å². The number of hydrogen-bond donors (Lipinski definition) is 2. The number of nitrogens with one attached hydrogen (secondary N) is 2. The van der Waals surface area contributed by atoms with Gasteiger partial charge >= 0.3 is 0 Å². The molecule has 1 amide bonds. The smallest absolute Gasteiger partial charge is 0.224 e. The molecule has 1 heterocycles. The Hall–Kier alpha value is -0.570. The predicted octanol–water partition coefficient (Wildman–Crippen LogP) is 1.43. The number of carbonyl (C=O) groups is 1. The Morgan fingerprint density at radius 3 is 2.53 bits per heavy atom. The molecule has 1 aliphatic heterocycles. The van der Waals surface area contributed by atoms with Gasteiger partial charge in [-0.05, 0) is 32.2 Å². The second-order valence-electron chi connectivity index (χ2n) is 4.89. The first kappa shape index (κ1) is 10.9. The van der Waals surface area contributed by atoms with Crippen molar-refractivity contribution in [2.24, 2.45) is 5.92 Å². The topological polar surface area (TPSA) is 41.1 Å². The second-order valence-corrected chi connectivity index (χ2v) is 4.89. The summed E-state index contributed by atoms with van der Waals surface area (Å²) in [6, 6.07) is 0.466. The van der Waals surface area contributed by atoms with E-state index >= 15 is 0 Å². The SMILES string of the molecule is O=C(NC1CCCCC1)[C@H]1CCCNC1. The monoisotopic (exact) mass is 210 g/mol. The molecule has 1 saturated heterocycles. The van der Waals surface area contributed by atoms with Crippen LogP contribution in [0, 0.1) is 5.92 Å². The van der Waals surface area contributed by atoms with Crippen LogP contribution in [0.5, 0.6) is 0 Å². The highest BCUT2D eigenvalue weighted by atomic mass is 16.2. The van der Waals surface area contributed by atoms with Crippen LogP contribution in [-0.2, 0) is 4.79 Å². The van der Waals surface area contributed by atoms with Gasteiger partial charge in [0.05, 0.1) is 5.92 Å². The van der Waals surface area contributed by atoms with Crippen molar-refractivity contribution in [3.8, 4) is 0 Å². The van der Waals surface area contributed by atoms with Crippen LogP contribution in [0.25, 0.3) is 0 Å². The first-order valence-electron chi connectivity index (χ1n) is 6.37. The Bertz CT molecular complexity index is 206. The molecule has 0 radical (unpaired) electrons. The third-order valence-electron chi connectivity index (χ3n) is 3.62. The van der Waals surface area contributed by atoms with E-state index in [-0.39, 0.29) is 11.8 Å². The van der Waals surface area contributed by atoms with Gasteiger partial charge in [-0.25, -0.2) is 0 Å². The van der Waals surface area contributed by atoms with Gasteiger partial charge in [-0.2, -0.15) is 0 Å².